The second-order valence-electron chi connectivity index (χ2n) is 3.68. The monoisotopic (exact) mass is 244 g/mol. The van der Waals surface area contributed by atoms with Gasteiger partial charge in [0.25, 0.3) is 0 Å². The third-order valence-electron chi connectivity index (χ3n) is 2.53. The van der Waals surface area contributed by atoms with Gasteiger partial charge >= 0.3 is 11.9 Å². The molecule has 1 amide bonds. The van der Waals surface area contributed by atoms with Gasteiger partial charge in [-0.05, 0) is 0 Å². The number of carbonyl (C=O) groups is 3. The third-order valence-corrected chi connectivity index (χ3v) is 2.53. The molecule has 0 aromatic heterocycles. The van der Waals surface area contributed by atoms with Crippen molar-refractivity contribution in [2.24, 2.45) is 0 Å². The summed E-state index contributed by atoms with van der Waals surface area (Å²) < 4.78 is 9.01. The Labute approximate surface area is 99.2 Å². The minimum absolute atomic E-state index is 0.0403. The van der Waals surface area contributed by atoms with E-state index in [1.165, 1.54) is 19.1 Å². The van der Waals surface area contributed by atoms with E-state index >= 15 is 0 Å². The molecular formula is C10H16N2O5. The molecule has 0 aromatic rings. The number of amides is 1. The van der Waals surface area contributed by atoms with Crippen molar-refractivity contribution in [1.82, 2.24) is 9.80 Å². The van der Waals surface area contributed by atoms with Crippen LogP contribution in [0.1, 0.15) is 0 Å². The fourth-order valence-corrected chi connectivity index (χ4v) is 1.53. The number of hydrogen-bond donors (Lipinski definition) is 0. The molecule has 0 aromatic carbocycles. The highest BCUT2D eigenvalue weighted by molar-refractivity contribution is 5.84. The Morgan fingerprint density at radius 2 is 1.71 bits per heavy atom. The lowest BCUT2D eigenvalue weighted by molar-refractivity contribution is -0.151. The molecule has 1 rings (SSSR count). The molecule has 0 atom stereocenters. The Bertz CT molecular complexity index is 318. The minimum Gasteiger partial charge on any atom is -0.468 e. The fourth-order valence-electron chi connectivity index (χ4n) is 1.53. The Kier molecular flexibility index (Phi) is 4.89. The van der Waals surface area contributed by atoms with Crippen LogP contribution in [0, 0.1) is 0 Å². The zero-order chi connectivity index (χ0) is 12.8. The highest BCUT2D eigenvalue weighted by atomic mass is 16.5. The van der Waals surface area contributed by atoms with Crippen molar-refractivity contribution in [2.75, 3.05) is 46.9 Å². The van der Waals surface area contributed by atoms with Crippen LogP contribution in [0.2, 0.25) is 0 Å². The van der Waals surface area contributed by atoms with Crippen molar-refractivity contribution >= 4 is 17.8 Å². The molecule has 0 N–H and O–H groups in total. The van der Waals surface area contributed by atoms with Gasteiger partial charge in [-0.25, -0.2) is 0 Å². The van der Waals surface area contributed by atoms with E-state index in [4.69, 9.17) is 0 Å². The maximum Gasteiger partial charge on any atom is 0.325 e. The van der Waals surface area contributed by atoms with E-state index in [2.05, 4.69) is 9.47 Å². The summed E-state index contributed by atoms with van der Waals surface area (Å²) in [5, 5.41) is 0. The molecule has 0 radical (unpaired) electrons. The second-order valence-corrected chi connectivity index (χ2v) is 3.68. The summed E-state index contributed by atoms with van der Waals surface area (Å²) >= 11 is 0. The normalized spacial score (nSPS) is 16.8. The maximum atomic E-state index is 11.7. The molecule has 7 nitrogen and oxygen atoms in total. The van der Waals surface area contributed by atoms with Crippen LogP contribution >= 0.6 is 0 Å². The lowest BCUT2D eigenvalue weighted by atomic mass is 10.3. The number of nitrogens with zero attached hydrogens (tertiary/aromatic N) is 2. The molecule has 1 saturated heterocycles. The molecule has 0 saturated carbocycles. The average Bonchev–Trinajstić information content (AvgIpc) is 2.32. The number of hydrogen-bond acceptors (Lipinski definition) is 6. The van der Waals surface area contributed by atoms with Crippen molar-refractivity contribution in [3.63, 3.8) is 0 Å². The van der Waals surface area contributed by atoms with E-state index in [1.54, 1.807) is 4.90 Å². The maximum absolute atomic E-state index is 11.7. The first-order valence-electron chi connectivity index (χ1n) is 5.20. The van der Waals surface area contributed by atoms with Gasteiger partial charge in [-0.2, -0.15) is 0 Å². The van der Waals surface area contributed by atoms with Gasteiger partial charge in [0.2, 0.25) is 5.91 Å². The lowest BCUT2D eigenvalue weighted by Crippen LogP contribution is -2.52. The summed E-state index contributed by atoms with van der Waals surface area (Å²) in [6.45, 7) is 1.12. The van der Waals surface area contributed by atoms with Crippen LogP contribution in [-0.4, -0.2) is 74.6 Å². The SMILES string of the molecule is COC(=O)CN1CCN(CC(=O)OC)C(=O)C1. The summed E-state index contributed by atoms with van der Waals surface area (Å²) in [7, 11) is 2.58. The van der Waals surface area contributed by atoms with Crippen molar-refractivity contribution in [3.05, 3.63) is 0 Å². The molecule has 0 spiro atoms. The largest absolute Gasteiger partial charge is 0.468 e. The average molecular weight is 244 g/mol. The van der Waals surface area contributed by atoms with Crippen LogP contribution in [0.25, 0.3) is 0 Å². The van der Waals surface area contributed by atoms with Gasteiger partial charge < -0.3 is 14.4 Å². The highest BCUT2D eigenvalue weighted by Gasteiger charge is 2.26. The molecule has 1 heterocycles. The van der Waals surface area contributed by atoms with E-state index in [0.29, 0.717) is 13.1 Å². The van der Waals surface area contributed by atoms with Gasteiger partial charge in [0, 0.05) is 13.1 Å². The first kappa shape index (κ1) is 13.4. The smallest absolute Gasteiger partial charge is 0.325 e. The van der Waals surface area contributed by atoms with Crippen molar-refractivity contribution in [1.29, 1.82) is 0 Å². The molecular weight excluding hydrogens is 228 g/mol. The van der Waals surface area contributed by atoms with Crippen LogP contribution in [0.3, 0.4) is 0 Å². The number of piperazine rings is 1. The van der Waals surface area contributed by atoms with Crippen LogP contribution in [0.4, 0.5) is 0 Å². The predicted molar refractivity (Wildman–Crippen MR) is 57.1 cm³/mol. The second kappa shape index (κ2) is 6.19. The summed E-state index contributed by atoms with van der Waals surface area (Å²) in [5.41, 5.74) is 0. The van der Waals surface area contributed by atoms with Crippen molar-refractivity contribution < 1.29 is 23.9 Å². The van der Waals surface area contributed by atoms with Gasteiger partial charge in [-0.3, -0.25) is 19.3 Å². The van der Waals surface area contributed by atoms with Gasteiger partial charge in [-0.1, -0.05) is 0 Å². The summed E-state index contributed by atoms with van der Waals surface area (Å²) in [6.07, 6.45) is 0. The van der Waals surface area contributed by atoms with Crippen LogP contribution < -0.4 is 0 Å². The fraction of sp³-hybridized carbons (Fsp3) is 0.700. The van der Waals surface area contributed by atoms with Crippen LogP contribution in [-0.2, 0) is 23.9 Å². The van der Waals surface area contributed by atoms with E-state index in [-0.39, 0.29) is 31.5 Å². The molecule has 0 unspecified atom stereocenters. The van der Waals surface area contributed by atoms with Gasteiger partial charge in [-0.15, -0.1) is 0 Å². The van der Waals surface area contributed by atoms with Crippen molar-refractivity contribution in [2.45, 2.75) is 0 Å². The number of carbonyl (C=O) groups excluding carboxylic acids is 3. The highest BCUT2D eigenvalue weighted by Crippen LogP contribution is 2.03. The van der Waals surface area contributed by atoms with Gasteiger partial charge in [0.1, 0.15) is 6.54 Å². The topological polar surface area (TPSA) is 76.2 Å². The summed E-state index contributed by atoms with van der Waals surface area (Å²) in [6, 6.07) is 0. The molecule has 7 heteroatoms. The summed E-state index contributed by atoms with van der Waals surface area (Å²) in [5.74, 6) is -1.01. The molecule has 1 aliphatic heterocycles. The van der Waals surface area contributed by atoms with E-state index in [9.17, 15) is 14.4 Å². The Morgan fingerprint density at radius 1 is 1.12 bits per heavy atom. The molecule has 96 valence electrons. The Balaban J connectivity index is 2.41. The number of esters is 2. The van der Waals surface area contributed by atoms with E-state index in [0.717, 1.165) is 0 Å². The zero-order valence-electron chi connectivity index (χ0n) is 9.97. The quantitative estimate of drug-likeness (QED) is 0.559. The first-order chi connectivity index (χ1) is 8.06. The van der Waals surface area contributed by atoms with Gasteiger partial charge in [0.05, 0.1) is 27.3 Å². The Morgan fingerprint density at radius 3 is 2.24 bits per heavy atom. The molecule has 1 aliphatic rings. The lowest BCUT2D eigenvalue weighted by Gasteiger charge is -2.32. The van der Waals surface area contributed by atoms with E-state index < -0.39 is 5.97 Å². The Hall–Kier alpha value is -1.63. The zero-order valence-corrected chi connectivity index (χ0v) is 9.97. The molecule has 0 aliphatic carbocycles. The third kappa shape index (κ3) is 4.03. The molecule has 17 heavy (non-hydrogen) atoms. The first-order valence-corrected chi connectivity index (χ1v) is 5.20. The van der Waals surface area contributed by atoms with Gasteiger partial charge in [0.15, 0.2) is 0 Å². The van der Waals surface area contributed by atoms with E-state index in [1.807, 2.05) is 0 Å². The molecule has 1 fully saturated rings. The minimum atomic E-state index is -0.445. The number of methoxy groups -OCH3 is 2. The molecule has 0 bridgehead atoms. The standard InChI is InChI=1S/C10H16N2O5/c1-16-9(14)6-11-3-4-12(8(13)5-11)7-10(15)17-2/h3-7H2,1-2H3. The number of rotatable bonds is 4. The predicted octanol–water partition coefficient (Wildman–Crippen LogP) is -1.52. The summed E-state index contributed by atoms with van der Waals surface area (Å²) in [4.78, 5) is 36.8. The van der Waals surface area contributed by atoms with Crippen LogP contribution in [0.5, 0.6) is 0 Å². The van der Waals surface area contributed by atoms with Crippen molar-refractivity contribution in [3.8, 4) is 0 Å². The number of ether oxygens (including phenoxy) is 2. The van der Waals surface area contributed by atoms with Crippen LogP contribution in [0.15, 0.2) is 0 Å².